The van der Waals surface area contributed by atoms with E-state index in [-0.39, 0.29) is 6.61 Å². The number of carbonyl (C=O) groups excluding carboxylic acids is 1. The summed E-state index contributed by atoms with van der Waals surface area (Å²) >= 11 is 0. The first kappa shape index (κ1) is 2.11. The predicted molar refractivity (Wildman–Crippen MR) is 36.1 cm³/mol. The van der Waals surface area contributed by atoms with Crippen molar-refractivity contribution in [3.63, 3.8) is 0 Å². The summed E-state index contributed by atoms with van der Waals surface area (Å²) in [4.78, 5) is 11.1. The van der Waals surface area contributed by atoms with Crippen molar-refractivity contribution < 1.29 is 19.1 Å². The fraction of sp³-hybridized carbons (Fsp3) is 0.571. The molecule has 0 rings (SSSR count). The first-order valence-electron chi connectivity index (χ1n) is 5.90. The lowest BCUT2D eigenvalue weighted by Crippen LogP contribution is -1.99. The van der Waals surface area contributed by atoms with Gasteiger partial charge in [0, 0.05) is 14.3 Å². The van der Waals surface area contributed by atoms with Gasteiger partial charge in [-0.05, 0) is 20.6 Å². The van der Waals surface area contributed by atoms with Crippen molar-refractivity contribution >= 4 is 5.97 Å². The highest BCUT2D eigenvalue weighted by atomic mass is 16.5. The fourth-order valence-corrected chi connectivity index (χ4v) is 0.269. The molecule has 0 saturated heterocycles. The van der Waals surface area contributed by atoms with Crippen LogP contribution in [0.2, 0.25) is 0 Å². The van der Waals surface area contributed by atoms with Gasteiger partial charge in [-0.2, -0.15) is 0 Å². The molecule has 0 heterocycles. The van der Waals surface area contributed by atoms with Crippen LogP contribution in [0.25, 0.3) is 0 Å². The van der Waals surface area contributed by atoms with Gasteiger partial charge in [0.25, 0.3) is 0 Å². The molecule has 0 aromatic heterocycles. The van der Waals surface area contributed by atoms with E-state index >= 15 is 0 Å². The van der Waals surface area contributed by atoms with E-state index in [1.807, 2.05) is 0 Å². The Balaban J connectivity index is 5.49. The van der Waals surface area contributed by atoms with Crippen LogP contribution in [0, 0.1) is 0 Å². The third kappa shape index (κ3) is 5.07. The summed E-state index contributed by atoms with van der Waals surface area (Å²) < 4.78 is 53.6. The van der Waals surface area contributed by atoms with E-state index in [0.29, 0.717) is 0 Å². The average Bonchev–Trinajstić information content (AvgIpc) is 1.98. The normalized spacial score (nSPS) is 22.6. The smallest absolute Gasteiger partial charge is 0.330 e. The zero-order valence-corrected chi connectivity index (χ0v) is 5.02. The van der Waals surface area contributed by atoms with E-state index in [1.54, 1.807) is 0 Å². The summed E-state index contributed by atoms with van der Waals surface area (Å²) in [6.07, 6.45) is 0. The van der Waals surface area contributed by atoms with Crippen LogP contribution in [0.5, 0.6) is 0 Å². The number of hydrogen-bond acceptors (Lipinski definition) is 2. The minimum atomic E-state index is -3.02. The van der Waals surface area contributed by atoms with Gasteiger partial charge in [-0.15, -0.1) is 0 Å². The number of allylic oxidation sites excluding steroid dienone is 1. The minimum absolute atomic E-state index is 0.0590. The predicted octanol–water partition coefficient (Wildman–Crippen LogP) is 1.52. The Morgan fingerprint density at radius 2 is 2.56 bits per heavy atom. The van der Waals surface area contributed by atoms with Gasteiger partial charge in [0.2, 0.25) is 0 Å². The van der Waals surface area contributed by atoms with Crippen LogP contribution in [0.15, 0.2) is 11.6 Å². The van der Waals surface area contributed by atoms with Crippen LogP contribution < -0.4 is 0 Å². The third-order valence-corrected chi connectivity index (χ3v) is 0.502. The van der Waals surface area contributed by atoms with Crippen LogP contribution in [-0.2, 0) is 9.53 Å². The SMILES string of the molecule is [2H]C(C(=O)OCC)=C(C([2H])([2H])[2H])C([2H])([2H])[2H]. The highest BCUT2D eigenvalue weighted by Crippen LogP contribution is 1.89. The van der Waals surface area contributed by atoms with Crippen LogP contribution in [0.1, 0.15) is 30.2 Å². The Morgan fingerprint density at radius 3 is 3.00 bits per heavy atom. The van der Waals surface area contributed by atoms with E-state index in [0.717, 1.165) is 0 Å². The Bertz CT molecular complexity index is 283. The van der Waals surface area contributed by atoms with Gasteiger partial charge in [0.15, 0.2) is 0 Å². The quantitative estimate of drug-likeness (QED) is 0.424. The lowest BCUT2D eigenvalue weighted by molar-refractivity contribution is -0.137. The largest absolute Gasteiger partial charge is 0.463 e. The molecule has 0 aromatic rings. The molecular formula is C7H12O2. The van der Waals surface area contributed by atoms with Crippen LogP contribution in [0.4, 0.5) is 0 Å². The Hall–Kier alpha value is -0.790. The fourth-order valence-electron chi connectivity index (χ4n) is 0.269. The molecule has 2 nitrogen and oxygen atoms in total. The zero-order chi connectivity index (χ0) is 13.1. The van der Waals surface area contributed by atoms with Gasteiger partial charge in [-0.25, -0.2) is 4.79 Å². The summed E-state index contributed by atoms with van der Waals surface area (Å²) in [5, 5.41) is 0. The molecule has 0 saturated carbocycles. The van der Waals surface area contributed by atoms with Crippen molar-refractivity contribution in [2.45, 2.75) is 20.6 Å². The molecule has 0 aliphatic heterocycles. The van der Waals surface area contributed by atoms with Crippen molar-refractivity contribution in [2.75, 3.05) is 6.61 Å². The molecule has 0 spiro atoms. The topological polar surface area (TPSA) is 26.3 Å². The molecular weight excluding hydrogens is 116 g/mol. The van der Waals surface area contributed by atoms with Gasteiger partial charge in [0.05, 0.1) is 7.98 Å². The van der Waals surface area contributed by atoms with Crippen molar-refractivity contribution in [1.82, 2.24) is 0 Å². The third-order valence-electron chi connectivity index (χ3n) is 0.502. The zero-order valence-electron chi connectivity index (χ0n) is 12.0. The lowest BCUT2D eigenvalue weighted by atomic mass is 10.3. The number of esters is 1. The number of rotatable bonds is 2. The highest BCUT2D eigenvalue weighted by molar-refractivity contribution is 5.82. The molecule has 52 valence electrons. The van der Waals surface area contributed by atoms with E-state index in [9.17, 15) is 4.79 Å². The van der Waals surface area contributed by atoms with Gasteiger partial charge >= 0.3 is 5.97 Å². The monoisotopic (exact) mass is 135 g/mol. The molecule has 0 unspecified atom stereocenters. The number of ether oxygens (including phenoxy) is 1. The van der Waals surface area contributed by atoms with E-state index < -0.39 is 31.3 Å². The Morgan fingerprint density at radius 1 is 1.89 bits per heavy atom. The average molecular weight is 135 g/mol. The second kappa shape index (κ2) is 4.13. The van der Waals surface area contributed by atoms with Gasteiger partial charge in [0.1, 0.15) is 0 Å². The summed E-state index contributed by atoms with van der Waals surface area (Å²) in [6.45, 7) is -4.63. The van der Waals surface area contributed by atoms with Gasteiger partial charge < -0.3 is 4.74 Å². The highest BCUT2D eigenvalue weighted by Gasteiger charge is 1.92. The van der Waals surface area contributed by atoms with Gasteiger partial charge in [-0.3, -0.25) is 0 Å². The first-order valence-corrected chi connectivity index (χ1v) is 2.40. The minimum Gasteiger partial charge on any atom is -0.463 e. The molecule has 0 aliphatic carbocycles. The molecule has 0 N–H and O–H groups in total. The summed E-state index contributed by atoms with van der Waals surface area (Å²) in [5.41, 5.74) is -1.17. The molecule has 2 heteroatoms. The van der Waals surface area contributed by atoms with Crippen molar-refractivity contribution in [3.8, 4) is 0 Å². The van der Waals surface area contributed by atoms with Gasteiger partial charge in [-0.1, -0.05) is 5.57 Å². The lowest BCUT2D eigenvalue weighted by Gasteiger charge is -1.94. The number of hydrogen-bond donors (Lipinski definition) is 0. The Labute approximate surface area is 65.3 Å². The molecule has 0 aromatic carbocycles. The van der Waals surface area contributed by atoms with Crippen LogP contribution >= 0.6 is 0 Å². The summed E-state index contributed by atoms with van der Waals surface area (Å²) in [6, 6.07) is -1.12. The molecule has 0 aliphatic rings. The summed E-state index contributed by atoms with van der Waals surface area (Å²) in [5.74, 6) is -1.25. The maximum atomic E-state index is 11.1. The second-order valence-electron chi connectivity index (χ2n) is 1.22. The second-order valence-corrected chi connectivity index (χ2v) is 1.22. The van der Waals surface area contributed by atoms with Crippen molar-refractivity contribution in [2.24, 2.45) is 0 Å². The molecule has 0 fully saturated rings. The first-order chi connectivity index (χ1) is 7.01. The molecule has 0 bridgehead atoms. The van der Waals surface area contributed by atoms with E-state index in [2.05, 4.69) is 4.74 Å². The van der Waals surface area contributed by atoms with E-state index in [4.69, 9.17) is 9.60 Å². The number of carbonyl (C=O) groups is 1. The van der Waals surface area contributed by atoms with Crippen molar-refractivity contribution in [3.05, 3.63) is 11.6 Å². The maximum absolute atomic E-state index is 11.1. The molecule has 9 heavy (non-hydrogen) atoms. The Kier molecular flexibility index (Phi) is 0.969. The standard InChI is InChI=1S/C7H12O2/c1-4-9-7(8)5-6(2)3/h5H,4H2,1-3H3/i2D3,3D3,5D. The van der Waals surface area contributed by atoms with E-state index in [1.165, 1.54) is 6.92 Å². The summed E-state index contributed by atoms with van der Waals surface area (Å²) in [7, 11) is 0. The molecule has 0 amide bonds. The van der Waals surface area contributed by atoms with Crippen LogP contribution in [-0.4, -0.2) is 12.6 Å². The molecule has 0 radical (unpaired) electrons. The van der Waals surface area contributed by atoms with Crippen LogP contribution in [0.3, 0.4) is 0 Å². The maximum Gasteiger partial charge on any atom is 0.330 e. The molecule has 0 atom stereocenters. The van der Waals surface area contributed by atoms with Crippen molar-refractivity contribution in [1.29, 1.82) is 0 Å².